The fourth-order valence-corrected chi connectivity index (χ4v) is 2.77. The minimum atomic E-state index is -0.901. The van der Waals surface area contributed by atoms with Crippen molar-refractivity contribution in [3.63, 3.8) is 0 Å². The first kappa shape index (κ1) is 16.2. The summed E-state index contributed by atoms with van der Waals surface area (Å²) in [6.45, 7) is 0. The van der Waals surface area contributed by atoms with Crippen molar-refractivity contribution in [2.24, 2.45) is 0 Å². The van der Waals surface area contributed by atoms with Crippen molar-refractivity contribution in [1.82, 2.24) is 0 Å². The van der Waals surface area contributed by atoms with Crippen LogP contribution in [0.1, 0.15) is 6.42 Å². The van der Waals surface area contributed by atoms with Gasteiger partial charge in [0.05, 0.1) is 26.9 Å². The molecule has 11 heteroatoms. The van der Waals surface area contributed by atoms with Crippen molar-refractivity contribution in [2.75, 3.05) is 11.5 Å². The normalized spacial score (nSPS) is 10.2. The lowest BCUT2D eigenvalue weighted by atomic mass is 10.2. The molecule has 0 radical (unpaired) electrons. The molecular weight excluding hydrogens is 310 g/mol. The summed E-state index contributed by atoms with van der Waals surface area (Å²) < 4.78 is 0. The molecule has 1 rings (SSSR count). The van der Waals surface area contributed by atoms with E-state index in [1.165, 1.54) is 0 Å². The van der Waals surface area contributed by atoms with Crippen molar-refractivity contribution in [1.29, 1.82) is 0 Å². The SMILES string of the molecule is O=[N+]([O-])c1cc([N+](=O)[O-])c(SCCCS)c([N+](=O)[O-])c1. The lowest BCUT2D eigenvalue weighted by Gasteiger charge is -2.03. The van der Waals surface area contributed by atoms with Gasteiger partial charge in [-0.3, -0.25) is 30.3 Å². The highest BCUT2D eigenvalue weighted by Crippen LogP contribution is 2.40. The molecule has 0 heterocycles. The molecule has 9 nitrogen and oxygen atoms in total. The highest BCUT2D eigenvalue weighted by atomic mass is 32.2. The van der Waals surface area contributed by atoms with Gasteiger partial charge in [-0.05, 0) is 17.9 Å². The van der Waals surface area contributed by atoms with Crippen molar-refractivity contribution in [3.8, 4) is 0 Å². The summed E-state index contributed by atoms with van der Waals surface area (Å²) >= 11 is 4.89. The second-order valence-electron chi connectivity index (χ2n) is 3.51. The Labute approximate surface area is 122 Å². The summed E-state index contributed by atoms with van der Waals surface area (Å²) in [5.74, 6) is 0.921. The number of nitro benzene ring substituents is 3. The molecular formula is C9H9N3O6S2. The van der Waals surface area contributed by atoms with Gasteiger partial charge in [-0.25, -0.2) is 0 Å². The average Bonchev–Trinajstić information content (AvgIpc) is 2.37. The zero-order valence-electron chi connectivity index (χ0n) is 9.92. The van der Waals surface area contributed by atoms with Crippen molar-refractivity contribution >= 4 is 41.5 Å². The molecule has 0 spiro atoms. The molecule has 0 aromatic heterocycles. The Bertz CT molecular complexity index is 530. The van der Waals surface area contributed by atoms with Gasteiger partial charge >= 0.3 is 0 Å². The largest absolute Gasteiger partial charge is 0.296 e. The Morgan fingerprint density at radius 2 is 1.50 bits per heavy atom. The van der Waals surface area contributed by atoms with E-state index in [-0.39, 0.29) is 4.90 Å². The van der Waals surface area contributed by atoms with Crippen LogP contribution in [0.5, 0.6) is 0 Å². The molecule has 0 saturated heterocycles. The van der Waals surface area contributed by atoms with E-state index >= 15 is 0 Å². The zero-order chi connectivity index (χ0) is 15.3. The Morgan fingerprint density at radius 1 is 1.00 bits per heavy atom. The van der Waals surface area contributed by atoms with Gasteiger partial charge in [-0.2, -0.15) is 12.6 Å². The van der Waals surface area contributed by atoms with Crippen LogP contribution in [0.2, 0.25) is 0 Å². The summed E-state index contributed by atoms with van der Waals surface area (Å²) in [5, 5.41) is 32.5. The lowest BCUT2D eigenvalue weighted by Crippen LogP contribution is -2.00. The maximum absolute atomic E-state index is 10.9. The Kier molecular flexibility index (Phi) is 5.70. The minimum absolute atomic E-state index is 0.174. The van der Waals surface area contributed by atoms with E-state index in [0.29, 0.717) is 17.9 Å². The van der Waals surface area contributed by atoms with Crippen LogP contribution in [0, 0.1) is 30.3 Å². The summed E-state index contributed by atoms with van der Waals surface area (Å²) in [6, 6.07) is 1.46. The molecule has 0 saturated carbocycles. The zero-order valence-corrected chi connectivity index (χ0v) is 11.6. The molecule has 0 atom stereocenters. The maximum atomic E-state index is 10.9. The number of thiol groups is 1. The Morgan fingerprint density at radius 3 is 1.85 bits per heavy atom. The molecule has 1 aromatic carbocycles. The average molecular weight is 319 g/mol. The van der Waals surface area contributed by atoms with E-state index in [4.69, 9.17) is 0 Å². The van der Waals surface area contributed by atoms with Gasteiger partial charge in [0.1, 0.15) is 0 Å². The molecule has 0 unspecified atom stereocenters. The van der Waals surface area contributed by atoms with Crippen LogP contribution in [0.25, 0.3) is 0 Å². The molecule has 0 fully saturated rings. The first-order valence-corrected chi connectivity index (χ1v) is 6.85. The number of rotatable bonds is 7. The summed E-state index contributed by atoms with van der Waals surface area (Å²) in [5.41, 5.74) is -1.94. The Hall–Kier alpha value is -1.88. The van der Waals surface area contributed by atoms with Gasteiger partial charge in [0.2, 0.25) is 0 Å². The summed E-state index contributed by atoms with van der Waals surface area (Å²) in [6.07, 6.45) is 0.596. The third kappa shape index (κ3) is 3.81. The van der Waals surface area contributed by atoms with Crippen LogP contribution in [-0.4, -0.2) is 26.3 Å². The van der Waals surface area contributed by atoms with Crippen LogP contribution >= 0.6 is 24.4 Å². The van der Waals surface area contributed by atoms with E-state index in [1.54, 1.807) is 0 Å². The lowest BCUT2D eigenvalue weighted by molar-refractivity contribution is -0.407. The van der Waals surface area contributed by atoms with Crippen LogP contribution < -0.4 is 0 Å². The van der Waals surface area contributed by atoms with Gasteiger partial charge in [-0.15, -0.1) is 11.8 Å². The van der Waals surface area contributed by atoms with Crippen molar-refractivity contribution in [3.05, 3.63) is 42.5 Å². The first-order chi connectivity index (χ1) is 9.38. The fraction of sp³-hybridized carbons (Fsp3) is 0.333. The summed E-state index contributed by atoms with van der Waals surface area (Å²) in [7, 11) is 0. The number of nitro groups is 3. The topological polar surface area (TPSA) is 129 Å². The van der Waals surface area contributed by atoms with E-state index in [0.717, 1.165) is 23.9 Å². The number of benzene rings is 1. The number of non-ortho nitro benzene ring substituents is 1. The van der Waals surface area contributed by atoms with Crippen LogP contribution in [0.3, 0.4) is 0 Å². The van der Waals surface area contributed by atoms with Gasteiger partial charge in [0, 0.05) is 0 Å². The molecule has 108 valence electrons. The highest BCUT2D eigenvalue weighted by molar-refractivity contribution is 7.99. The van der Waals surface area contributed by atoms with Gasteiger partial charge in [0.15, 0.2) is 4.90 Å². The van der Waals surface area contributed by atoms with Crippen LogP contribution in [-0.2, 0) is 0 Å². The maximum Gasteiger partial charge on any atom is 0.296 e. The predicted molar refractivity (Wildman–Crippen MR) is 75.6 cm³/mol. The molecule has 0 amide bonds. The molecule has 1 aromatic rings. The third-order valence-electron chi connectivity index (χ3n) is 2.19. The standard InChI is InChI=1S/C9H9N3O6S2/c13-10(14)6-4-7(11(15)16)9(20-3-1-2-19)8(5-6)12(17)18/h4-5,19H,1-3H2. The van der Waals surface area contributed by atoms with Crippen LogP contribution in [0.4, 0.5) is 17.1 Å². The second-order valence-corrected chi connectivity index (χ2v) is 5.06. The molecule has 0 aliphatic heterocycles. The molecule has 0 N–H and O–H groups in total. The first-order valence-electron chi connectivity index (χ1n) is 5.23. The van der Waals surface area contributed by atoms with E-state index < -0.39 is 31.8 Å². The van der Waals surface area contributed by atoms with Gasteiger partial charge in [0.25, 0.3) is 17.1 Å². The monoisotopic (exact) mass is 319 g/mol. The van der Waals surface area contributed by atoms with Crippen molar-refractivity contribution in [2.45, 2.75) is 11.3 Å². The molecule has 0 bridgehead atoms. The van der Waals surface area contributed by atoms with E-state index in [9.17, 15) is 30.3 Å². The van der Waals surface area contributed by atoms with Crippen molar-refractivity contribution < 1.29 is 14.8 Å². The quantitative estimate of drug-likeness (QED) is 0.269. The third-order valence-corrected chi connectivity index (χ3v) is 3.70. The molecule has 0 aliphatic carbocycles. The summed E-state index contributed by atoms with van der Waals surface area (Å²) in [4.78, 5) is 29.7. The van der Waals surface area contributed by atoms with Gasteiger partial charge < -0.3 is 0 Å². The number of hydrogen-bond acceptors (Lipinski definition) is 8. The number of nitrogens with zero attached hydrogens (tertiary/aromatic N) is 3. The fourth-order valence-electron chi connectivity index (χ4n) is 1.35. The molecule has 0 aliphatic rings. The second kappa shape index (κ2) is 7.05. The smallest absolute Gasteiger partial charge is 0.258 e. The molecule has 20 heavy (non-hydrogen) atoms. The number of thioether (sulfide) groups is 1. The highest BCUT2D eigenvalue weighted by Gasteiger charge is 2.30. The Balaban J connectivity index is 3.39. The van der Waals surface area contributed by atoms with E-state index in [2.05, 4.69) is 12.6 Å². The van der Waals surface area contributed by atoms with Gasteiger partial charge in [-0.1, -0.05) is 0 Å². The predicted octanol–water partition coefficient (Wildman–Crippen LogP) is 2.82. The number of hydrogen-bond donors (Lipinski definition) is 1. The minimum Gasteiger partial charge on any atom is -0.258 e. The van der Waals surface area contributed by atoms with Crippen LogP contribution in [0.15, 0.2) is 17.0 Å². The van der Waals surface area contributed by atoms with E-state index in [1.807, 2.05) is 0 Å².